The summed E-state index contributed by atoms with van der Waals surface area (Å²) in [4.78, 5) is 0. The molecule has 0 saturated carbocycles. The maximum Gasteiger partial charge on any atom is 0.488 e. The Hall–Kier alpha value is -0.995. The van der Waals surface area contributed by atoms with E-state index in [1.165, 1.54) is 0 Å². The van der Waals surface area contributed by atoms with Gasteiger partial charge in [-0.1, -0.05) is 19.1 Å². The van der Waals surface area contributed by atoms with Gasteiger partial charge in [-0.15, -0.1) is 0 Å². The molecular weight excluding hydrogens is 167 g/mol. The van der Waals surface area contributed by atoms with Crippen molar-refractivity contribution < 1.29 is 14.8 Å². The zero-order chi connectivity index (χ0) is 9.42. The molecule has 2 rings (SSSR count). The molecule has 0 radical (unpaired) electrons. The van der Waals surface area contributed by atoms with Crippen molar-refractivity contribution in [2.24, 2.45) is 0 Å². The van der Waals surface area contributed by atoms with Gasteiger partial charge in [0.1, 0.15) is 5.75 Å². The molecular formula is C9H11BO3. The Kier molecular flexibility index (Phi) is 2.02. The summed E-state index contributed by atoms with van der Waals surface area (Å²) in [6.45, 7) is 2.77. The predicted molar refractivity (Wildman–Crippen MR) is 50.2 cm³/mol. The molecule has 0 aliphatic carbocycles. The molecule has 4 heteroatoms. The molecule has 1 aromatic carbocycles. The van der Waals surface area contributed by atoms with Crippen LogP contribution in [0.5, 0.6) is 5.75 Å². The highest BCUT2D eigenvalue weighted by Crippen LogP contribution is 2.32. The average molecular weight is 178 g/mol. The van der Waals surface area contributed by atoms with Crippen LogP contribution >= 0.6 is 0 Å². The van der Waals surface area contributed by atoms with Gasteiger partial charge in [0.2, 0.25) is 0 Å². The smallest absolute Gasteiger partial charge is 0.488 e. The lowest BCUT2D eigenvalue weighted by Gasteiger charge is -2.03. The monoisotopic (exact) mass is 178 g/mol. The fourth-order valence-electron chi connectivity index (χ4n) is 1.55. The molecule has 68 valence electrons. The number of benzene rings is 1. The Morgan fingerprint density at radius 1 is 1.46 bits per heavy atom. The van der Waals surface area contributed by atoms with Crippen molar-refractivity contribution in [3.8, 4) is 5.75 Å². The van der Waals surface area contributed by atoms with Crippen LogP contribution in [-0.4, -0.2) is 23.8 Å². The van der Waals surface area contributed by atoms with Crippen LogP contribution < -0.4 is 10.2 Å². The topological polar surface area (TPSA) is 49.7 Å². The second-order valence-electron chi connectivity index (χ2n) is 3.38. The van der Waals surface area contributed by atoms with Gasteiger partial charge in [-0.3, -0.25) is 0 Å². The Morgan fingerprint density at radius 2 is 2.23 bits per heavy atom. The predicted octanol–water partition coefficient (Wildman–Crippen LogP) is -0.138. The summed E-state index contributed by atoms with van der Waals surface area (Å²) >= 11 is 0. The molecule has 13 heavy (non-hydrogen) atoms. The first kappa shape index (κ1) is 8.60. The zero-order valence-corrected chi connectivity index (χ0v) is 7.40. The lowest BCUT2D eigenvalue weighted by atomic mass is 9.79. The molecule has 3 nitrogen and oxygen atoms in total. The highest BCUT2D eigenvalue weighted by atomic mass is 16.5. The van der Waals surface area contributed by atoms with Crippen LogP contribution in [0.15, 0.2) is 18.2 Å². The van der Waals surface area contributed by atoms with Gasteiger partial charge < -0.3 is 14.8 Å². The third-order valence-corrected chi connectivity index (χ3v) is 2.36. The van der Waals surface area contributed by atoms with Crippen molar-refractivity contribution >= 4 is 12.6 Å². The first-order valence-corrected chi connectivity index (χ1v) is 4.31. The largest absolute Gasteiger partial charge is 0.493 e. The van der Waals surface area contributed by atoms with Crippen molar-refractivity contribution in [1.82, 2.24) is 0 Å². The Bertz CT molecular complexity index is 325. The normalized spacial score (nSPS) is 19.5. The fraction of sp³-hybridized carbons (Fsp3) is 0.333. The summed E-state index contributed by atoms with van der Waals surface area (Å²) in [6.07, 6.45) is 0. The minimum absolute atomic E-state index is 0.403. The molecule has 1 atom stereocenters. The minimum atomic E-state index is -1.41. The molecule has 0 bridgehead atoms. The summed E-state index contributed by atoms with van der Waals surface area (Å²) in [5, 5.41) is 17.8. The van der Waals surface area contributed by atoms with Gasteiger partial charge in [-0.2, -0.15) is 0 Å². The highest BCUT2D eigenvalue weighted by Gasteiger charge is 2.22. The third kappa shape index (κ3) is 1.43. The SMILES string of the molecule is CC1COc2cc(B(O)O)ccc21. The van der Waals surface area contributed by atoms with E-state index in [1.54, 1.807) is 12.1 Å². The van der Waals surface area contributed by atoms with Crippen LogP contribution in [-0.2, 0) is 0 Å². The van der Waals surface area contributed by atoms with Gasteiger partial charge in [0.15, 0.2) is 0 Å². The third-order valence-electron chi connectivity index (χ3n) is 2.36. The van der Waals surface area contributed by atoms with E-state index in [4.69, 9.17) is 14.8 Å². The van der Waals surface area contributed by atoms with Crippen LogP contribution in [0.2, 0.25) is 0 Å². The first-order valence-electron chi connectivity index (χ1n) is 4.31. The van der Waals surface area contributed by atoms with Crippen LogP contribution in [0.4, 0.5) is 0 Å². The molecule has 0 spiro atoms. The van der Waals surface area contributed by atoms with Crippen molar-refractivity contribution in [2.45, 2.75) is 12.8 Å². The van der Waals surface area contributed by atoms with E-state index in [0.717, 1.165) is 11.3 Å². The molecule has 0 saturated heterocycles. The van der Waals surface area contributed by atoms with Crippen LogP contribution in [0, 0.1) is 0 Å². The quantitative estimate of drug-likeness (QED) is 0.588. The number of fused-ring (bicyclic) bond motifs is 1. The second-order valence-corrected chi connectivity index (χ2v) is 3.38. The Morgan fingerprint density at radius 3 is 2.92 bits per heavy atom. The summed E-state index contributed by atoms with van der Waals surface area (Å²) in [6, 6.07) is 5.29. The van der Waals surface area contributed by atoms with Gasteiger partial charge in [0, 0.05) is 11.5 Å². The molecule has 1 aliphatic heterocycles. The Balaban J connectivity index is 2.40. The van der Waals surface area contributed by atoms with Gasteiger partial charge in [-0.05, 0) is 11.5 Å². The fourth-order valence-corrected chi connectivity index (χ4v) is 1.55. The van der Waals surface area contributed by atoms with Crippen molar-refractivity contribution in [1.29, 1.82) is 0 Å². The van der Waals surface area contributed by atoms with Crippen LogP contribution in [0.25, 0.3) is 0 Å². The standard InChI is InChI=1S/C9H11BO3/c1-6-5-13-9-4-7(10(11)12)2-3-8(6)9/h2-4,6,11-12H,5H2,1H3. The molecule has 1 aromatic rings. The van der Waals surface area contributed by atoms with E-state index in [0.29, 0.717) is 18.0 Å². The molecule has 1 aliphatic rings. The summed E-state index contributed by atoms with van der Waals surface area (Å²) in [7, 11) is -1.41. The van der Waals surface area contributed by atoms with E-state index in [2.05, 4.69) is 6.92 Å². The molecule has 0 amide bonds. The lowest BCUT2D eigenvalue weighted by molar-refractivity contribution is 0.337. The van der Waals surface area contributed by atoms with E-state index in [9.17, 15) is 0 Å². The zero-order valence-electron chi connectivity index (χ0n) is 7.40. The van der Waals surface area contributed by atoms with Crippen LogP contribution in [0.1, 0.15) is 18.4 Å². The van der Waals surface area contributed by atoms with Crippen molar-refractivity contribution in [2.75, 3.05) is 6.61 Å². The van der Waals surface area contributed by atoms with E-state index in [1.807, 2.05) is 6.07 Å². The summed E-state index contributed by atoms with van der Waals surface area (Å²) in [5.41, 5.74) is 1.62. The van der Waals surface area contributed by atoms with E-state index in [-0.39, 0.29) is 0 Å². The number of rotatable bonds is 1. The maximum absolute atomic E-state index is 8.92. The van der Waals surface area contributed by atoms with E-state index >= 15 is 0 Å². The number of hydrogen-bond donors (Lipinski definition) is 2. The highest BCUT2D eigenvalue weighted by molar-refractivity contribution is 6.58. The van der Waals surface area contributed by atoms with Gasteiger partial charge in [-0.25, -0.2) is 0 Å². The Labute approximate surface area is 77.1 Å². The molecule has 2 N–H and O–H groups in total. The molecule has 1 heterocycles. The van der Waals surface area contributed by atoms with Crippen molar-refractivity contribution in [3.63, 3.8) is 0 Å². The van der Waals surface area contributed by atoms with Gasteiger partial charge in [0.25, 0.3) is 0 Å². The molecule has 0 aromatic heterocycles. The number of ether oxygens (including phenoxy) is 1. The summed E-state index contributed by atoms with van der Waals surface area (Å²) < 4.78 is 5.38. The average Bonchev–Trinajstić information content (AvgIpc) is 2.47. The van der Waals surface area contributed by atoms with Crippen LogP contribution in [0.3, 0.4) is 0 Å². The molecule has 1 unspecified atom stereocenters. The van der Waals surface area contributed by atoms with Gasteiger partial charge in [0.05, 0.1) is 6.61 Å². The summed E-state index contributed by atoms with van der Waals surface area (Å²) in [5.74, 6) is 1.18. The lowest BCUT2D eigenvalue weighted by Crippen LogP contribution is -2.29. The minimum Gasteiger partial charge on any atom is -0.493 e. The second kappa shape index (κ2) is 3.05. The molecule has 0 fully saturated rings. The van der Waals surface area contributed by atoms with Gasteiger partial charge >= 0.3 is 7.12 Å². The maximum atomic E-state index is 8.92. The van der Waals surface area contributed by atoms with Crippen molar-refractivity contribution in [3.05, 3.63) is 23.8 Å². The first-order chi connectivity index (χ1) is 6.18. The number of hydrogen-bond acceptors (Lipinski definition) is 3. The van der Waals surface area contributed by atoms with E-state index < -0.39 is 7.12 Å².